The third kappa shape index (κ3) is 4.47. The molecule has 2 heterocycles. The number of rotatable bonds is 4. The molecule has 4 heteroatoms. The molecule has 1 amide bonds. The van der Waals surface area contributed by atoms with Crippen molar-refractivity contribution < 1.29 is 4.79 Å². The molecule has 0 aliphatic carbocycles. The molecule has 0 bridgehead atoms. The van der Waals surface area contributed by atoms with Gasteiger partial charge in [0.25, 0.3) is 0 Å². The van der Waals surface area contributed by atoms with Gasteiger partial charge in [-0.15, -0.1) is 12.4 Å². The van der Waals surface area contributed by atoms with E-state index in [9.17, 15) is 4.79 Å². The molecular formula is C18H27ClN2O. The van der Waals surface area contributed by atoms with Crippen molar-refractivity contribution in [2.24, 2.45) is 5.92 Å². The second-order valence-electron chi connectivity index (χ2n) is 6.46. The Bertz CT molecular complexity index is 451. The Morgan fingerprint density at radius 2 is 1.86 bits per heavy atom. The highest BCUT2D eigenvalue weighted by Gasteiger charge is 2.24. The van der Waals surface area contributed by atoms with Gasteiger partial charge in [0, 0.05) is 19.5 Å². The minimum Gasteiger partial charge on any atom is -0.343 e. The number of hydrogen-bond acceptors (Lipinski definition) is 2. The summed E-state index contributed by atoms with van der Waals surface area (Å²) >= 11 is 0. The largest absolute Gasteiger partial charge is 0.343 e. The zero-order chi connectivity index (χ0) is 14.5. The second kappa shape index (κ2) is 8.54. The van der Waals surface area contributed by atoms with Crippen LogP contribution in [0.25, 0.3) is 0 Å². The van der Waals surface area contributed by atoms with Crippen molar-refractivity contribution >= 4 is 18.3 Å². The summed E-state index contributed by atoms with van der Waals surface area (Å²) in [4.78, 5) is 14.4. The predicted octanol–water partition coefficient (Wildman–Crippen LogP) is 3.20. The lowest BCUT2D eigenvalue weighted by Crippen LogP contribution is -2.38. The average molecular weight is 323 g/mol. The van der Waals surface area contributed by atoms with Crippen molar-refractivity contribution in [3.8, 4) is 0 Å². The highest BCUT2D eigenvalue weighted by Crippen LogP contribution is 2.28. The van der Waals surface area contributed by atoms with Gasteiger partial charge in [-0.25, -0.2) is 0 Å². The molecule has 0 saturated carbocycles. The lowest BCUT2D eigenvalue weighted by Gasteiger charge is -2.32. The van der Waals surface area contributed by atoms with Crippen molar-refractivity contribution in [2.75, 3.05) is 26.2 Å². The highest BCUT2D eigenvalue weighted by molar-refractivity contribution is 5.85. The van der Waals surface area contributed by atoms with Crippen LogP contribution in [-0.2, 0) is 4.79 Å². The van der Waals surface area contributed by atoms with Gasteiger partial charge in [-0.3, -0.25) is 4.79 Å². The van der Waals surface area contributed by atoms with Crippen molar-refractivity contribution in [2.45, 2.75) is 38.0 Å². The van der Waals surface area contributed by atoms with E-state index in [1.54, 1.807) is 0 Å². The Morgan fingerprint density at radius 3 is 2.50 bits per heavy atom. The normalized spacial score (nSPS) is 22.4. The first kappa shape index (κ1) is 17.3. The third-order valence-electron chi connectivity index (χ3n) is 5.05. The molecule has 22 heavy (non-hydrogen) atoms. The van der Waals surface area contributed by atoms with E-state index in [1.165, 1.54) is 12.0 Å². The Hall–Kier alpha value is -1.06. The van der Waals surface area contributed by atoms with Gasteiger partial charge in [-0.05, 0) is 56.2 Å². The number of carbonyl (C=O) groups is 1. The molecule has 2 aliphatic rings. The van der Waals surface area contributed by atoms with Crippen LogP contribution in [0.2, 0.25) is 0 Å². The minimum atomic E-state index is 0. The molecule has 122 valence electrons. The molecule has 2 saturated heterocycles. The number of piperidine rings is 1. The summed E-state index contributed by atoms with van der Waals surface area (Å²) < 4.78 is 0. The van der Waals surface area contributed by atoms with E-state index in [0.717, 1.165) is 57.8 Å². The first-order valence-corrected chi connectivity index (χ1v) is 8.36. The van der Waals surface area contributed by atoms with Crippen molar-refractivity contribution in [3.05, 3.63) is 35.9 Å². The van der Waals surface area contributed by atoms with Gasteiger partial charge < -0.3 is 10.2 Å². The number of amides is 1. The van der Waals surface area contributed by atoms with Crippen LogP contribution in [0.4, 0.5) is 0 Å². The summed E-state index contributed by atoms with van der Waals surface area (Å²) in [5, 5.41) is 3.37. The molecule has 2 fully saturated rings. The lowest BCUT2D eigenvalue weighted by atomic mass is 9.89. The molecule has 0 radical (unpaired) electrons. The Kier molecular flexibility index (Phi) is 6.71. The van der Waals surface area contributed by atoms with Crippen molar-refractivity contribution in [1.29, 1.82) is 0 Å². The number of halogens is 1. The van der Waals surface area contributed by atoms with Crippen LogP contribution in [0.15, 0.2) is 30.3 Å². The van der Waals surface area contributed by atoms with E-state index in [2.05, 4.69) is 40.5 Å². The van der Waals surface area contributed by atoms with Crippen LogP contribution < -0.4 is 5.32 Å². The number of nitrogens with zero attached hydrogens (tertiary/aromatic N) is 1. The summed E-state index contributed by atoms with van der Waals surface area (Å²) in [6.45, 7) is 4.09. The van der Waals surface area contributed by atoms with Crippen LogP contribution in [0, 0.1) is 5.92 Å². The standard InChI is InChI=1S/C18H26N2O.ClH/c21-18(7-6-15-8-11-19-14-15)20-12-9-17(10-13-20)16-4-2-1-3-5-16;/h1-5,15,17,19H,6-14H2;1H. The Balaban J connectivity index is 0.00000176. The van der Waals surface area contributed by atoms with E-state index in [-0.39, 0.29) is 12.4 Å². The number of hydrogen-bond donors (Lipinski definition) is 1. The highest BCUT2D eigenvalue weighted by atomic mass is 35.5. The summed E-state index contributed by atoms with van der Waals surface area (Å²) in [5.41, 5.74) is 1.43. The van der Waals surface area contributed by atoms with E-state index < -0.39 is 0 Å². The van der Waals surface area contributed by atoms with Crippen LogP contribution in [0.5, 0.6) is 0 Å². The molecule has 3 rings (SSSR count). The number of nitrogens with one attached hydrogen (secondary N) is 1. The quantitative estimate of drug-likeness (QED) is 0.923. The van der Waals surface area contributed by atoms with Gasteiger partial charge in [0.2, 0.25) is 5.91 Å². The predicted molar refractivity (Wildman–Crippen MR) is 92.5 cm³/mol. The van der Waals surface area contributed by atoms with Crippen LogP contribution in [0.1, 0.15) is 43.6 Å². The molecule has 1 atom stereocenters. The van der Waals surface area contributed by atoms with E-state index in [0.29, 0.717) is 11.8 Å². The van der Waals surface area contributed by atoms with E-state index >= 15 is 0 Å². The molecule has 3 nitrogen and oxygen atoms in total. The fourth-order valence-electron chi connectivity index (χ4n) is 3.63. The molecule has 1 aromatic rings. The molecular weight excluding hydrogens is 296 g/mol. The van der Waals surface area contributed by atoms with Gasteiger partial charge in [0.05, 0.1) is 0 Å². The van der Waals surface area contributed by atoms with Crippen LogP contribution in [-0.4, -0.2) is 37.0 Å². The molecule has 0 spiro atoms. The summed E-state index contributed by atoms with van der Waals surface area (Å²) in [6.07, 6.45) is 5.26. The summed E-state index contributed by atoms with van der Waals surface area (Å²) in [7, 11) is 0. The minimum absolute atomic E-state index is 0. The Labute approximate surface area is 139 Å². The summed E-state index contributed by atoms with van der Waals surface area (Å²) in [6, 6.07) is 10.7. The topological polar surface area (TPSA) is 32.3 Å². The van der Waals surface area contributed by atoms with Gasteiger partial charge >= 0.3 is 0 Å². The summed E-state index contributed by atoms with van der Waals surface area (Å²) in [5.74, 6) is 1.72. The third-order valence-corrected chi connectivity index (χ3v) is 5.05. The SMILES string of the molecule is Cl.O=C(CCC1CCNC1)N1CCC(c2ccccc2)CC1. The first-order valence-electron chi connectivity index (χ1n) is 8.36. The van der Waals surface area contributed by atoms with Crippen LogP contribution in [0.3, 0.4) is 0 Å². The van der Waals surface area contributed by atoms with Gasteiger partial charge in [-0.1, -0.05) is 30.3 Å². The molecule has 1 aromatic carbocycles. The fourth-order valence-corrected chi connectivity index (χ4v) is 3.63. The number of carbonyl (C=O) groups excluding carboxylic acids is 1. The maximum absolute atomic E-state index is 12.3. The maximum Gasteiger partial charge on any atom is 0.222 e. The van der Waals surface area contributed by atoms with Gasteiger partial charge in [-0.2, -0.15) is 0 Å². The molecule has 1 N–H and O–H groups in total. The maximum atomic E-state index is 12.3. The zero-order valence-electron chi connectivity index (χ0n) is 13.2. The lowest BCUT2D eigenvalue weighted by molar-refractivity contribution is -0.132. The van der Waals surface area contributed by atoms with E-state index in [1.807, 2.05) is 0 Å². The Morgan fingerprint density at radius 1 is 1.14 bits per heavy atom. The van der Waals surface area contributed by atoms with E-state index in [4.69, 9.17) is 0 Å². The zero-order valence-corrected chi connectivity index (χ0v) is 14.0. The van der Waals surface area contributed by atoms with Gasteiger partial charge in [0.1, 0.15) is 0 Å². The van der Waals surface area contributed by atoms with Crippen molar-refractivity contribution in [3.63, 3.8) is 0 Å². The molecule has 0 aromatic heterocycles. The van der Waals surface area contributed by atoms with Crippen LogP contribution >= 0.6 is 12.4 Å². The smallest absolute Gasteiger partial charge is 0.222 e. The average Bonchev–Trinajstić information content (AvgIpc) is 3.07. The molecule has 2 aliphatic heterocycles. The number of benzene rings is 1. The number of likely N-dealkylation sites (tertiary alicyclic amines) is 1. The first-order chi connectivity index (χ1) is 10.3. The monoisotopic (exact) mass is 322 g/mol. The fraction of sp³-hybridized carbons (Fsp3) is 0.611. The van der Waals surface area contributed by atoms with Gasteiger partial charge in [0.15, 0.2) is 0 Å². The second-order valence-corrected chi connectivity index (χ2v) is 6.46. The van der Waals surface area contributed by atoms with Crippen molar-refractivity contribution in [1.82, 2.24) is 10.2 Å². The molecule has 1 unspecified atom stereocenters.